The number of ether oxygens (including phenoxy) is 1. The summed E-state index contributed by atoms with van der Waals surface area (Å²) in [5.41, 5.74) is 3.19. The molecule has 1 amide bonds. The first-order valence-corrected chi connectivity index (χ1v) is 9.81. The van der Waals surface area contributed by atoms with Crippen LogP contribution in [0.25, 0.3) is 10.9 Å². The van der Waals surface area contributed by atoms with Crippen molar-refractivity contribution in [2.75, 3.05) is 25.5 Å². The fourth-order valence-electron chi connectivity index (χ4n) is 3.53. The molecule has 0 spiro atoms. The van der Waals surface area contributed by atoms with Crippen molar-refractivity contribution in [2.45, 2.75) is 13.0 Å². The van der Waals surface area contributed by atoms with Gasteiger partial charge in [0.1, 0.15) is 5.82 Å². The van der Waals surface area contributed by atoms with Crippen LogP contribution in [0.4, 0.5) is 10.1 Å². The molecular formula is C22H19ClFN3O3. The molecule has 2 aromatic carbocycles. The van der Waals surface area contributed by atoms with Crippen molar-refractivity contribution in [3.63, 3.8) is 0 Å². The van der Waals surface area contributed by atoms with E-state index in [4.69, 9.17) is 21.3 Å². The molecule has 0 fully saturated rings. The number of hydrogen-bond acceptors (Lipinski definition) is 5. The van der Waals surface area contributed by atoms with Gasteiger partial charge in [0.15, 0.2) is 6.61 Å². The van der Waals surface area contributed by atoms with Crippen LogP contribution in [-0.4, -0.2) is 42.0 Å². The Kier molecular flexibility index (Phi) is 5.65. The largest absolute Gasteiger partial charge is 0.452 e. The van der Waals surface area contributed by atoms with Crippen LogP contribution in [-0.2, 0) is 22.5 Å². The van der Waals surface area contributed by atoms with Gasteiger partial charge in [-0.15, -0.1) is 0 Å². The fraction of sp³-hybridized carbons (Fsp3) is 0.227. The lowest BCUT2D eigenvalue weighted by molar-refractivity contribution is -0.119. The standard InChI is InChI=1S/C22H19ClFN3O3/c1-27-9-8-19-15(11-27)21(14-4-2-3-5-18(14)26-19)22(29)30-12-20(28)25-13-6-7-17(24)16(23)10-13/h2-7,10H,8-9,11-12H2,1H3,(H,25,28). The normalized spacial score (nSPS) is 13.7. The molecule has 3 aromatic rings. The number of anilines is 1. The highest BCUT2D eigenvalue weighted by molar-refractivity contribution is 6.31. The van der Waals surface area contributed by atoms with Crippen molar-refractivity contribution in [3.8, 4) is 0 Å². The summed E-state index contributed by atoms with van der Waals surface area (Å²) in [5.74, 6) is -1.71. The van der Waals surface area contributed by atoms with Gasteiger partial charge < -0.3 is 15.0 Å². The van der Waals surface area contributed by atoms with E-state index in [-0.39, 0.29) is 5.02 Å². The predicted octanol–water partition coefficient (Wildman–Crippen LogP) is 3.81. The number of nitrogens with one attached hydrogen (secondary N) is 1. The highest BCUT2D eigenvalue weighted by Crippen LogP contribution is 2.28. The molecule has 0 saturated heterocycles. The summed E-state index contributed by atoms with van der Waals surface area (Å²) in [5, 5.41) is 3.12. The molecule has 1 aromatic heterocycles. The monoisotopic (exact) mass is 427 g/mol. The number of esters is 1. The summed E-state index contributed by atoms with van der Waals surface area (Å²) in [4.78, 5) is 32.0. The second kappa shape index (κ2) is 8.38. The van der Waals surface area contributed by atoms with Gasteiger partial charge in [-0.2, -0.15) is 0 Å². The highest BCUT2D eigenvalue weighted by atomic mass is 35.5. The van der Waals surface area contributed by atoms with Crippen LogP contribution in [0, 0.1) is 5.82 Å². The Labute approximate surface area is 177 Å². The van der Waals surface area contributed by atoms with E-state index in [0.717, 1.165) is 35.8 Å². The highest BCUT2D eigenvalue weighted by Gasteiger charge is 2.25. The molecule has 1 N–H and O–H groups in total. The number of carbonyl (C=O) groups is 2. The summed E-state index contributed by atoms with van der Waals surface area (Å²) in [7, 11) is 1.98. The number of rotatable bonds is 4. The molecular weight excluding hydrogens is 409 g/mol. The van der Waals surface area contributed by atoms with Gasteiger partial charge in [0, 0.05) is 41.8 Å². The Balaban J connectivity index is 1.55. The van der Waals surface area contributed by atoms with Crippen LogP contribution in [0.5, 0.6) is 0 Å². The van der Waals surface area contributed by atoms with Gasteiger partial charge in [-0.25, -0.2) is 9.18 Å². The zero-order valence-corrected chi connectivity index (χ0v) is 17.0. The molecule has 1 aliphatic rings. The molecule has 1 aliphatic heterocycles. The SMILES string of the molecule is CN1CCc2nc3ccccc3c(C(=O)OCC(=O)Nc3ccc(F)c(Cl)c3)c2C1. The lowest BCUT2D eigenvalue weighted by Gasteiger charge is -2.26. The summed E-state index contributed by atoms with van der Waals surface area (Å²) in [6.07, 6.45) is 0.739. The predicted molar refractivity (Wildman–Crippen MR) is 112 cm³/mol. The molecule has 0 unspecified atom stereocenters. The van der Waals surface area contributed by atoms with Crippen LogP contribution in [0.2, 0.25) is 5.02 Å². The van der Waals surface area contributed by atoms with Gasteiger partial charge in [-0.05, 0) is 31.3 Å². The minimum Gasteiger partial charge on any atom is -0.452 e. The third kappa shape index (κ3) is 4.13. The Bertz CT molecular complexity index is 1150. The van der Waals surface area contributed by atoms with Crippen LogP contribution < -0.4 is 5.32 Å². The van der Waals surface area contributed by atoms with E-state index in [1.54, 1.807) is 0 Å². The topological polar surface area (TPSA) is 71.5 Å². The number of hydrogen-bond donors (Lipinski definition) is 1. The van der Waals surface area contributed by atoms with Crippen molar-refractivity contribution in [1.82, 2.24) is 9.88 Å². The van der Waals surface area contributed by atoms with Gasteiger partial charge in [0.2, 0.25) is 0 Å². The van der Waals surface area contributed by atoms with Crippen LogP contribution in [0.1, 0.15) is 21.6 Å². The first-order chi connectivity index (χ1) is 14.4. The van der Waals surface area contributed by atoms with Gasteiger partial charge in [-0.1, -0.05) is 29.8 Å². The van der Waals surface area contributed by atoms with E-state index < -0.39 is 24.3 Å². The second-order valence-electron chi connectivity index (χ2n) is 7.17. The van der Waals surface area contributed by atoms with Gasteiger partial charge in [-0.3, -0.25) is 9.78 Å². The zero-order valence-electron chi connectivity index (χ0n) is 16.2. The first kappa shape index (κ1) is 20.3. The van der Waals surface area contributed by atoms with Crippen LogP contribution >= 0.6 is 11.6 Å². The number of halogens is 2. The van der Waals surface area contributed by atoms with Crippen molar-refractivity contribution in [3.05, 3.63) is 70.1 Å². The number of nitrogens with zero attached hydrogens (tertiary/aromatic N) is 2. The average Bonchev–Trinajstić information content (AvgIpc) is 2.73. The maximum Gasteiger partial charge on any atom is 0.339 e. The summed E-state index contributed by atoms with van der Waals surface area (Å²) in [6.45, 7) is 0.961. The average molecular weight is 428 g/mol. The van der Waals surface area contributed by atoms with E-state index in [9.17, 15) is 14.0 Å². The van der Waals surface area contributed by atoms with E-state index >= 15 is 0 Å². The van der Waals surface area contributed by atoms with Crippen LogP contribution in [0.15, 0.2) is 42.5 Å². The van der Waals surface area contributed by atoms with E-state index in [1.807, 2.05) is 31.3 Å². The number of benzene rings is 2. The molecule has 2 heterocycles. The number of amides is 1. The number of fused-ring (bicyclic) bond motifs is 2. The number of aromatic nitrogens is 1. The van der Waals surface area contributed by atoms with Gasteiger partial charge in [0.25, 0.3) is 5.91 Å². The third-order valence-electron chi connectivity index (χ3n) is 4.98. The lowest BCUT2D eigenvalue weighted by Crippen LogP contribution is -2.30. The second-order valence-corrected chi connectivity index (χ2v) is 7.58. The van der Waals surface area contributed by atoms with Crippen molar-refractivity contribution >= 4 is 40.1 Å². The quantitative estimate of drug-likeness (QED) is 0.641. The summed E-state index contributed by atoms with van der Waals surface area (Å²) >= 11 is 5.72. The molecule has 0 bridgehead atoms. The molecule has 8 heteroatoms. The van der Waals surface area contributed by atoms with E-state index in [0.29, 0.717) is 23.2 Å². The Hall–Kier alpha value is -3.03. The van der Waals surface area contributed by atoms with Crippen molar-refractivity contribution in [2.24, 2.45) is 0 Å². The van der Waals surface area contributed by atoms with Crippen molar-refractivity contribution < 1.29 is 18.7 Å². The molecule has 154 valence electrons. The number of pyridine rings is 1. The van der Waals surface area contributed by atoms with Crippen LogP contribution in [0.3, 0.4) is 0 Å². The maximum absolute atomic E-state index is 13.2. The lowest BCUT2D eigenvalue weighted by atomic mass is 9.96. The third-order valence-corrected chi connectivity index (χ3v) is 5.27. The summed E-state index contributed by atoms with van der Waals surface area (Å²) in [6, 6.07) is 11.2. The Morgan fingerprint density at radius 1 is 1.27 bits per heavy atom. The Morgan fingerprint density at radius 3 is 2.87 bits per heavy atom. The molecule has 30 heavy (non-hydrogen) atoms. The number of para-hydroxylation sites is 1. The maximum atomic E-state index is 13.2. The minimum atomic E-state index is -0.583. The van der Waals surface area contributed by atoms with Gasteiger partial charge in [0.05, 0.1) is 16.1 Å². The Morgan fingerprint density at radius 2 is 2.07 bits per heavy atom. The summed E-state index contributed by atoms with van der Waals surface area (Å²) < 4.78 is 18.6. The fourth-order valence-corrected chi connectivity index (χ4v) is 3.71. The molecule has 0 atom stereocenters. The molecule has 4 rings (SSSR count). The zero-order chi connectivity index (χ0) is 21.3. The molecule has 0 aliphatic carbocycles. The number of likely N-dealkylation sites (N-methyl/N-ethyl adjacent to an activating group) is 1. The van der Waals surface area contributed by atoms with E-state index in [2.05, 4.69) is 10.2 Å². The smallest absolute Gasteiger partial charge is 0.339 e. The van der Waals surface area contributed by atoms with E-state index in [1.165, 1.54) is 12.1 Å². The first-order valence-electron chi connectivity index (χ1n) is 9.43. The van der Waals surface area contributed by atoms with Gasteiger partial charge >= 0.3 is 5.97 Å². The molecule has 0 saturated carbocycles. The molecule has 6 nitrogen and oxygen atoms in total. The van der Waals surface area contributed by atoms with Crippen molar-refractivity contribution in [1.29, 1.82) is 0 Å². The minimum absolute atomic E-state index is 0.108. The molecule has 0 radical (unpaired) electrons. The number of carbonyl (C=O) groups excluding carboxylic acids is 2.